The molecule has 1 amide bonds. The summed E-state index contributed by atoms with van der Waals surface area (Å²) in [5.41, 5.74) is 1.30. The molecule has 0 saturated carbocycles. The molecule has 1 aliphatic carbocycles. The van der Waals surface area contributed by atoms with Crippen LogP contribution in [0, 0.1) is 5.92 Å². The molecule has 1 unspecified atom stereocenters. The van der Waals surface area contributed by atoms with Crippen molar-refractivity contribution in [3.05, 3.63) is 39.7 Å². The van der Waals surface area contributed by atoms with E-state index in [1.165, 1.54) is 28.4 Å². The van der Waals surface area contributed by atoms with Crippen molar-refractivity contribution in [2.75, 3.05) is 19.6 Å². The summed E-state index contributed by atoms with van der Waals surface area (Å²) in [5.74, 6) is 1.25. The largest absolute Gasteiger partial charge is 0.468 e. The molecule has 134 valence electrons. The predicted octanol–water partition coefficient (Wildman–Crippen LogP) is 2.80. The third-order valence-corrected chi connectivity index (χ3v) is 6.33. The average Bonchev–Trinajstić information content (AvgIpc) is 3.32. The topological polar surface area (TPSA) is 58.4 Å². The van der Waals surface area contributed by atoms with Crippen LogP contribution in [-0.2, 0) is 30.6 Å². The van der Waals surface area contributed by atoms with Gasteiger partial charge in [0.15, 0.2) is 0 Å². The Morgan fingerprint density at radius 1 is 1.40 bits per heavy atom. The first kappa shape index (κ1) is 16.8. The zero-order valence-electron chi connectivity index (χ0n) is 14.5. The summed E-state index contributed by atoms with van der Waals surface area (Å²) >= 11 is 1.83. The third kappa shape index (κ3) is 4.12. The molecule has 2 aromatic heterocycles. The predicted molar refractivity (Wildman–Crippen MR) is 97.6 cm³/mol. The molecule has 0 bridgehead atoms. The Morgan fingerprint density at radius 3 is 3.20 bits per heavy atom. The van der Waals surface area contributed by atoms with E-state index >= 15 is 0 Å². The van der Waals surface area contributed by atoms with E-state index in [-0.39, 0.29) is 11.8 Å². The number of fused-ring (bicyclic) bond motifs is 1. The van der Waals surface area contributed by atoms with Gasteiger partial charge in [-0.2, -0.15) is 0 Å². The fourth-order valence-electron chi connectivity index (χ4n) is 3.82. The van der Waals surface area contributed by atoms with Gasteiger partial charge in [0, 0.05) is 24.4 Å². The van der Waals surface area contributed by atoms with Crippen LogP contribution in [0.1, 0.15) is 40.6 Å². The van der Waals surface area contributed by atoms with Gasteiger partial charge >= 0.3 is 0 Å². The second-order valence-corrected chi connectivity index (χ2v) is 8.19. The molecule has 1 atom stereocenters. The number of nitrogens with one attached hydrogen (secondary N) is 1. The van der Waals surface area contributed by atoms with Gasteiger partial charge in [-0.15, -0.1) is 11.3 Å². The second kappa shape index (κ2) is 7.70. The summed E-state index contributed by atoms with van der Waals surface area (Å²) in [6.45, 7) is 3.34. The lowest BCUT2D eigenvalue weighted by molar-refractivity contribution is -0.126. The minimum atomic E-state index is 0.0880. The molecule has 2 aromatic rings. The molecule has 4 rings (SSSR count). The SMILES string of the molecule is O=C(NCCc1nc2c(s1)CCC2)C1CCCN(Cc2ccco2)C1. The van der Waals surface area contributed by atoms with E-state index in [0.717, 1.165) is 51.1 Å². The molecule has 25 heavy (non-hydrogen) atoms. The fraction of sp³-hybridized carbons (Fsp3) is 0.579. The number of thiazole rings is 1. The minimum absolute atomic E-state index is 0.0880. The third-order valence-electron chi connectivity index (χ3n) is 5.11. The summed E-state index contributed by atoms with van der Waals surface area (Å²) in [4.78, 5) is 21.0. The number of hydrogen-bond acceptors (Lipinski definition) is 5. The maximum Gasteiger partial charge on any atom is 0.224 e. The highest BCUT2D eigenvalue weighted by Crippen LogP contribution is 2.27. The van der Waals surface area contributed by atoms with E-state index in [0.29, 0.717) is 6.54 Å². The van der Waals surface area contributed by atoms with E-state index in [1.54, 1.807) is 6.26 Å². The Labute approximate surface area is 152 Å². The highest BCUT2D eigenvalue weighted by atomic mass is 32.1. The Morgan fingerprint density at radius 2 is 2.36 bits per heavy atom. The van der Waals surface area contributed by atoms with Crippen molar-refractivity contribution < 1.29 is 9.21 Å². The number of furan rings is 1. The first-order valence-electron chi connectivity index (χ1n) is 9.28. The van der Waals surface area contributed by atoms with Crippen molar-refractivity contribution >= 4 is 17.2 Å². The fourth-order valence-corrected chi connectivity index (χ4v) is 4.98. The Balaban J connectivity index is 1.23. The molecule has 0 aromatic carbocycles. The normalized spacial score (nSPS) is 20.6. The Bertz CT molecular complexity index is 689. The maximum absolute atomic E-state index is 12.5. The van der Waals surface area contributed by atoms with Crippen LogP contribution in [0.25, 0.3) is 0 Å². The van der Waals surface area contributed by atoms with Crippen LogP contribution in [0.2, 0.25) is 0 Å². The maximum atomic E-state index is 12.5. The Hall–Kier alpha value is -1.66. The molecular formula is C19H25N3O2S. The van der Waals surface area contributed by atoms with Gasteiger partial charge in [-0.05, 0) is 50.8 Å². The van der Waals surface area contributed by atoms with Crippen molar-refractivity contribution in [1.82, 2.24) is 15.2 Å². The number of carbonyl (C=O) groups is 1. The second-order valence-electron chi connectivity index (χ2n) is 7.03. The molecule has 2 aliphatic rings. The number of carbonyl (C=O) groups excluding carboxylic acids is 1. The van der Waals surface area contributed by atoms with Crippen molar-refractivity contribution in [2.45, 2.75) is 45.1 Å². The standard InChI is InChI=1S/C19H25N3O2S/c23-19(20-9-8-18-21-16-6-1-7-17(16)25-18)14-4-2-10-22(12-14)13-15-5-3-11-24-15/h3,5,11,14H,1-2,4,6-10,12-13H2,(H,20,23). The van der Waals surface area contributed by atoms with E-state index in [1.807, 2.05) is 23.5 Å². The number of aromatic nitrogens is 1. The molecule has 1 aliphatic heterocycles. The molecular weight excluding hydrogens is 334 g/mol. The van der Waals surface area contributed by atoms with E-state index in [9.17, 15) is 4.79 Å². The summed E-state index contributed by atoms with van der Waals surface area (Å²) in [5, 5.41) is 4.30. The van der Waals surface area contributed by atoms with Gasteiger partial charge in [-0.3, -0.25) is 9.69 Å². The monoisotopic (exact) mass is 359 g/mol. The number of aryl methyl sites for hydroxylation is 2. The van der Waals surface area contributed by atoms with E-state index in [2.05, 4.69) is 10.2 Å². The van der Waals surface area contributed by atoms with Crippen LogP contribution >= 0.6 is 11.3 Å². The molecule has 1 fully saturated rings. The van der Waals surface area contributed by atoms with Gasteiger partial charge < -0.3 is 9.73 Å². The van der Waals surface area contributed by atoms with Crippen LogP contribution in [0.4, 0.5) is 0 Å². The summed E-state index contributed by atoms with van der Waals surface area (Å²) in [6, 6.07) is 3.91. The lowest BCUT2D eigenvalue weighted by Gasteiger charge is -2.31. The molecule has 6 heteroatoms. The van der Waals surface area contributed by atoms with Crippen LogP contribution in [0.5, 0.6) is 0 Å². The Kier molecular flexibility index (Phi) is 5.17. The smallest absolute Gasteiger partial charge is 0.224 e. The van der Waals surface area contributed by atoms with Gasteiger partial charge in [-0.25, -0.2) is 4.98 Å². The zero-order chi connectivity index (χ0) is 17.1. The number of likely N-dealkylation sites (tertiary alicyclic amines) is 1. The zero-order valence-corrected chi connectivity index (χ0v) is 15.3. The van der Waals surface area contributed by atoms with E-state index in [4.69, 9.17) is 9.40 Å². The van der Waals surface area contributed by atoms with Gasteiger partial charge in [0.05, 0.1) is 29.4 Å². The highest BCUT2D eigenvalue weighted by molar-refractivity contribution is 7.11. The summed E-state index contributed by atoms with van der Waals surface area (Å²) in [7, 11) is 0. The number of amides is 1. The number of piperidine rings is 1. The lowest BCUT2D eigenvalue weighted by atomic mass is 9.97. The van der Waals surface area contributed by atoms with Crippen molar-refractivity contribution in [1.29, 1.82) is 0 Å². The van der Waals surface area contributed by atoms with Crippen molar-refractivity contribution in [3.8, 4) is 0 Å². The van der Waals surface area contributed by atoms with Crippen LogP contribution < -0.4 is 5.32 Å². The van der Waals surface area contributed by atoms with Gasteiger partial charge in [-0.1, -0.05) is 0 Å². The van der Waals surface area contributed by atoms with Crippen LogP contribution in [-0.4, -0.2) is 35.4 Å². The quantitative estimate of drug-likeness (QED) is 0.862. The average molecular weight is 359 g/mol. The van der Waals surface area contributed by atoms with Gasteiger partial charge in [0.2, 0.25) is 5.91 Å². The lowest BCUT2D eigenvalue weighted by Crippen LogP contribution is -2.43. The van der Waals surface area contributed by atoms with Gasteiger partial charge in [0.25, 0.3) is 0 Å². The van der Waals surface area contributed by atoms with Crippen LogP contribution in [0.3, 0.4) is 0 Å². The number of hydrogen-bond donors (Lipinski definition) is 1. The number of rotatable bonds is 6. The first-order chi connectivity index (χ1) is 12.3. The van der Waals surface area contributed by atoms with Crippen molar-refractivity contribution in [2.24, 2.45) is 5.92 Å². The minimum Gasteiger partial charge on any atom is -0.468 e. The van der Waals surface area contributed by atoms with Gasteiger partial charge in [0.1, 0.15) is 5.76 Å². The molecule has 0 spiro atoms. The summed E-state index contributed by atoms with van der Waals surface area (Å²) in [6.07, 6.45) is 8.17. The molecule has 1 N–H and O–H groups in total. The van der Waals surface area contributed by atoms with Crippen molar-refractivity contribution in [3.63, 3.8) is 0 Å². The first-order valence-corrected chi connectivity index (χ1v) is 10.1. The van der Waals surface area contributed by atoms with Crippen LogP contribution in [0.15, 0.2) is 22.8 Å². The molecule has 1 saturated heterocycles. The molecule has 0 radical (unpaired) electrons. The number of nitrogens with zero attached hydrogens (tertiary/aromatic N) is 2. The van der Waals surface area contributed by atoms with E-state index < -0.39 is 0 Å². The molecule has 3 heterocycles. The highest BCUT2D eigenvalue weighted by Gasteiger charge is 2.26. The summed E-state index contributed by atoms with van der Waals surface area (Å²) < 4.78 is 5.42. The molecule has 5 nitrogen and oxygen atoms in total.